The van der Waals surface area contributed by atoms with Crippen LogP contribution in [-0.2, 0) is 0 Å². The van der Waals surface area contributed by atoms with Crippen LogP contribution >= 0.6 is 0 Å². The van der Waals surface area contributed by atoms with Crippen molar-refractivity contribution >= 4 is 11.9 Å². The topological polar surface area (TPSA) is 82.2 Å². The van der Waals surface area contributed by atoms with Crippen LogP contribution in [0.4, 0.5) is 4.79 Å². The fourth-order valence-corrected chi connectivity index (χ4v) is 3.35. The van der Waals surface area contributed by atoms with E-state index in [4.69, 9.17) is 11.1 Å². The van der Waals surface area contributed by atoms with E-state index in [0.717, 1.165) is 51.6 Å². The zero-order chi connectivity index (χ0) is 14.4. The Hall–Kier alpha value is -1.26. The summed E-state index contributed by atoms with van der Waals surface area (Å²) in [6.07, 6.45) is 10.6. The van der Waals surface area contributed by atoms with E-state index in [1.807, 2.05) is 4.90 Å². The second-order valence-corrected chi connectivity index (χ2v) is 6.24. The van der Waals surface area contributed by atoms with Crippen LogP contribution in [0, 0.1) is 5.41 Å². The molecule has 1 heterocycles. The number of amides is 2. The lowest BCUT2D eigenvalue weighted by atomic mass is 9.89. The molecule has 1 saturated heterocycles. The number of nitrogens with one attached hydrogen (secondary N) is 2. The smallest absolute Gasteiger partial charge is 0.318 e. The summed E-state index contributed by atoms with van der Waals surface area (Å²) in [6.45, 7) is 1.67. The Kier molecular flexibility index (Phi) is 5.26. The van der Waals surface area contributed by atoms with Crippen molar-refractivity contribution in [1.29, 1.82) is 5.41 Å². The number of carbonyl (C=O) groups is 1. The van der Waals surface area contributed by atoms with E-state index < -0.39 is 5.54 Å². The molecule has 20 heavy (non-hydrogen) atoms. The number of nitrogens with two attached hydrogens (primary N) is 1. The van der Waals surface area contributed by atoms with E-state index >= 15 is 0 Å². The molecule has 1 aliphatic heterocycles. The van der Waals surface area contributed by atoms with Gasteiger partial charge in [-0.2, -0.15) is 0 Å². The molecule has 0 bridgehead atoms. The maximum absolute atomic E-state index is 12.5. The van der Waals surface area contributed by atoms with Gasteiger partial charge in [0.2, 0.25) is 0 Å². The first-order valence-corrected chi connectivity index (χ1v) is 8.06. The molecule has 2 amide bonds. The molecular weight excluding hydrogens is 252 g/mol. The Bertz CT molecular complexity index is 340. The Morgan fingerprint density at radius 3 is 1.95 bits per heavy atom. The summed E-state index contributed by atoms with van der Waals surface area (Å²) in [5.74, 6) is 0.127. The molecule has 0 spiro atoms. The van der Waals surface area contributed by atoms with Crippen molar-refractivity contribution in [3.8, 4) is 0 Å². The third kappa shape index (κ3) is 3.64. The molecule has 4 N–H and O–H groups in total. The van der Waals surface area contributed by atoms with E-state index in [2.05, 4.69) is 5.32 Å². The number of likely N-dealkylation sites (tertiary alicyclic amines) is 1. The van der Waals surface area contributed by atoms with Gasteiger partial charge in [0.05, 0.1) is 5.54 Å². The Morgan fingerprint density at radius 1 is 0.950 bits per heavy atom. The highest BCUT2D eigenvalue weighted by Gasteiger charge is 2.36. The van der Waals surface area contributed by atoms with Crippen LogP contribution < -0.4 is 11.1 Å². The van der Waals surface area contributed by atoms with Crippen LogP contribution in [-0.4, -0.2) is 35.4 Å². The largest absolute Gasteiger partial charge is 0.386 e. The number of hydrogen-bond acceptors (Lipinski definition) is 2. The lowest BCUT2D eigenvalue weighted by molar-refractivity contribution is 0.189. The number of amidine groups is 1. The summed E-state index contributed by atoms with van der Waals surface area (Å²) in [5.41, 5.74) is 5.23. The predicted octanol–water partition coefficient (Wildman–Crippen LogP) is 2.60. The lowest BCUT2D eigenvalue weighted by Crippen LogP contribution is -2.59. The van der Waals surface area contributed by atoms with Gasteiger partial charge in [0.15, 0.2) is 0 Å². The van der Waals surface area contributed by atoms with Crippen LogP contribution in [0.25, 0.3) is 0 Å². The minimum atomic E-state index is -0.597. The second-order valence-electron chi connectivity index (χ2n) is 6.24. The van der Waals surface area contributed by atoms with Gasteiger partial charge in [-0.15, -0.1) is 0 Å². The van der Waals surface area contributed by atoms with E-state index in [1.165, 1.54) is 25.7 Å². The second kappa shape index (κ2) is 6.95. The van der Waals surface area contributed by atoms with Crippen LogP contribution in [0.2, 0.25) is 0 Å². The van der Waals surface area contributed by atoms with Crippen molar-refractivity contribution < 1.29 is 4.79 Å². The average molecular weight is 280 g/mol. The van der Waals surface area contributed by atoms with E-state index in [1.54, 1.807) is 0 Å². The summed E-state index contributed by atoms with van der Waals surface area (Å²) >= 11 is 0. The van der Waals surface area contributed by atoms with Gasteiger partial charge in [-0.25, -0.2) is 4.79 Å². The third-order valence-electron chi connectivity index (χ3n) is 4.71. The number of urea groups is 1. The minimum absolute atomic E-state index is 0.0241. The van der Waals surface area contributed by atoms with Gasteiger partial charge in [0.25, 0.3) is 0 Å². The predicted molar refractivity (Wildman–Crippen MR) is 80.9 cm³/mol. The number of nitrogens with zero attached hydrogens (tertiary/aromatic N) is 1. The highest BCUT2D eigenvalue weighted by Crippen LogP contribution is 2.27. The molecule has 1 saturated carbocycles. The first kappa shape index (κ1) is 15.1. The van der Waals surface area contributed by atoms with Crippen molar-refractivity contribution in [1.82, 2.24) is 10.2 Å². The summed E-state index contributed by atoms with van der Waals surface area (Å²) in [4.78, 5) is 14.4. The zero-order valence-corrected chi connectivity index (χ0v) is 12.4. The quantitative estimate of drug-likeness (QED) is 0.413. The molecule has 0 unspecified atom stereocenters. The summed E-state index contributed by atoms with van der Waals surface area (Å²) in [6, 6.07) is -0.0241. The summed E-state index contributed by atoms with van der Waals surface area (Å²) < 4.78 is 0. The maximum Gasteiger partial charge on any atom is 0.318 e. The molecule has 2 rings (SSSR count). The number of rotatable bonds is 2. The highest BCUT2D eigenvalue weighted by molar-refractivity contribution is 5.91. The highest BCUT2D eigenvalue weighted by atomic mass is 16.2. The molecule has 5 heteroatoms. The van der Waals surface area contributed by atoms with Gasteiger partial charge in [-0.3, -0.25) is 5.41 Å². The minimum Gasteiger partial charge on any atom is -0.386 e. The normalized spacial score (nSPS) is 23.5. The zero-order valence-electron chi connectivity index (χ0n) is 12.4. The number of carbonyl (C=O) groups excluding carboxylic acids is 1. The molecular formula is C15H28N4O. The molecule has 0 radical (unpaired) electrons. The SMILES string of the molecule is N=C(N)C1(NC(=O)N2CCCCCC2)CCCCCC1. The van der Waals surface area contributed by atoms with Crippen molar-refractivity contribution in [3.05, 3.63) is 0 Å². The van der Waals surface area contributed by atoms with Gasteiger partial charge >= 0.3 is 6.03 Å². The standard InChI is InChI=1S/C15H28N4O/c16-13(17)15(9-5-1-2-6-10-15)18-14(20)19-11-7-3-4-8-12-19/h1-12H2,(H3,16,17)(H,18,20). The van der Waals surface area contributed by atoms with Crippen molar-refractivity contribution in [2.45, 2.75) is 69.7 Å². The molecule has 0 aromatic rings. The van der Waals surface area contributed by atoms with Gasteiger partial charge in [0, 0.05) is 13.1 Å². The Labute approximate surface area is 121 Å². The first-order valence-electron chi connectivity index (χ1n) is 8.06. The van der Waals surface area contributed by atoms with E-state index in [0.29, 0.717) is 0 Å². The van der Waals surface area contributed by atoms with Crippen molar-refractivity contribution in [3.63, 3.8) is 0 Å². The van der Waals surface area contributed by atoms with Crippen LogP contribution in [0.1, 0.15) is 64.2 Å². The summed E-state index contributed by atoms with van der Waals surface area (Å²) in [7, 11) is 0. The first-order chi connectivity index (χ1) is 9.64. The lowest BCUT2D eigenvalue weighted by Gasteiger charge is -2.35. The molecule has 2 fully saturated rings. The van der Waals surface area contributed by atoms with Gasteiger partial charge in [-0.05, 0) is 25.7 Å². The van der Waals surface area contributed by atoms with Crippen LogP contribution in [0.3, 0.4) is 0 Å². The van der Waals surface area contributed by atoms with Crippen molar-refractivity contribution in [2.24, 2.45) is 5.73 Å². The fraction of sp³-hybridized carbons (Fsp3) is 0.867. The Morgan fingerprint density at radius 2 is 1.45 bits per heavy atom. The van der Waals surface area contributed by atoms with Gasteiger partial charge < -0.3 is 16.0 Å². The average Bonchev–Trinajstić information content (AvgIpc) is 2.81. The molecule has 1 aliphatic carbocycles. The summed E-state index contributed by atoms with van der Waals surface area (Å²) in [5, 5.41) is 11.0. The molecule has 0 aromatic carbocycles. The van der Waals surface area contributed by atoms with Gasteiger partial charge in [0.1, 0.15) is 5.84 Å². The monoisotopic (exact) mass is 280 g/mol. The molecule has 0 aromatic heterocycles. The number of hydrogen-bond donors (Lipinski definition) is 3. The maximum atomic E-state index is 12.5. The molecule has 0 atom stereocenters. The fourth-order valence-electron chi connectivity index (χ4n) is 3.35. The van der Waals surface area contributed by atoms with Crippen molar-refractivity contribution in [2.75, 3.05) is 13.1 Å². The van der Waals surface area contributed by atoms with Crippen LogP contribution in [0.15, 0.2) is 0 Å². The molecule has 2 aliphatic rings. The molecule has 5 nitrogen and oxygen atoms in total. The van der Waals surface area contributed by atoms with Crippen LogP contribution in [0.5, 0.6) is 0 Å². The van der Waals surface area contributed by atoms with E-state index in [9.17, 15) is 4.79 Å². The third-order valence-corrected chi connectivity index (χ3v) is 4.71. The molecule has 114 valence electrons. The van der Waals surface area contributed by atoms with Gasteiger partial charge in [-0.1, -0.05) is 38.5 Å². The van der Waals surface area contributed by atoms with E-state index in [-0.39, 0.29) is 11.9 Å². The Balaban J connectivity index is 2.02.